The Labute approximate surface area is 161 Å². The van der Waals surface area contributed by atoms with Crippen LogP contribution >= 0.6 is 0 Å². The first kappa shape index (κ1) is 19.4. The number of ether oxygens (including phenoxy) is 1. The Kier molecular flexibility index (Phi) is 6.85. The van der Waals surface area contributed by atoms with Crippen LogP contribution in [0.1, 0.15) is 23.5 Å². The third-order valence-electron chi connectivity index (χ3n) is 5.16. The number of benzene rings is 2. The van der Waals surface area contributed by atoms with Gasteiger partial charge in [0.25, 0.3) is 0 Å². The number of methoxy groups -OCH3 is 1. The summed E-state index contributed by atoms with van der Waals surface area (Å²) < 4.78 is 5.15. The van der Waals surface area contributed by atoms with E-state index in [1.54, 1.807) is 7.11 Å². The van der Waals surface area contributed by atoms with Crippen LogP contribution in [0.4, 0.5) is 0 Å². The molecule has 3 rings (SSSR count). The lowest BCUT2D eigenvalue weighted by Crippen LogP contribution is -2.47. The number of β-amino-alcohol motifs (C(OH)–C–C–N with tert-alkyl or cyclic N) is 1. The van der Waals surface area contributed by atoms with Crippen molar-refractivity contribution < 1.29 is 14.6 Å². The molecule has 1 heterocycles. The van der Waals surface area contributed by atoms with Crippen molar-refractivity contribution in [3.63, 3.8) is 0 Å². The average Bonchev–Trinajstić information content (AvgIpc) is 2.69. The first-order valence-corrected chi connectivity index (χ1v) is 9.50. The third kappa shape index (κ3) is 5.55. The Morgan fingerprint density at radius 1 is 1.19 bits per heavy atom. The van der Waals surface area contributed by atoms with Gasteiger partial charge in [0.15, 0.2) is 0 Å². The number of hydrogen-bond acceptors (Lipinski definition) is 4. The lowest BCUT2D eigenvalue weighted by molar-refractivity contribution is -0.123. The Balaban J connectivity index is 1.39. The van der Waals surface area contributed by atoms with Crippen molar-refractivity contribution in [3.05, 3.63) is 65.7 Å². The van der Waals surface area contributed by atoms with Crippen LogP contribution in [0, 0.1) is 0 Å². The zero-order chi connectivity index (χ0) is 19.1. The van der Waals surface area contributed by atoms with Gasteiger partial charge in [-0.1, -0.05) is 42.5 Å². The quantitative estimate of drug-likeness (QED) is 0.787. The number of nitrogens with zero attached hydrogens (tertiary/aromatic N) is 1. The van der Waals surface area contributed by atoms with Crippen LogP contribution in [0.2, 0.25) is 0 Å². The molecule has 0 bridgehead atoms. The van der Waals surface area contributed by atoms with Crippen LogP contribution in [-0.2, 0) is 11.2 Å². The largest absolute Gasteiger partial charge is 0.497 e. The van der Waals surface area contributed by atoms with E-state index in [0.717, 1.165) is 30.7 Å². The summed E-state index contributed by atoms with van der Waals surface area (Å²) in [5.74, 6) is 0.995. The summed E-state index contributed by atoms with van der Waals surface area (Å²) in [6.45, 7) is 2.29. The Morgan fingerprint density at radius 2 is 1.93 bits per heavy atom. The summed E-state index contributed by atoms with van der Waals surface area (Å²) in [6.07, 6.45) is 1.21. The summed E-state index contributed by atoms with van der Waals surface area (Å²) in [4.78, 5) is 14.2. The number of hydrogen-bond donors (Lipinski definition) is 2. The summed E-state index contributed by atoms with van der Waals surface area (Å²) in [5.41, 5.74) is 2.34. The van der Waals surface area contributed by atoms with E-state index in [4.69, 9.17) is 4.74 Å². The highest BCUT2D eigenvalue weighted by molar-refractivity contribution is 5.78. The van der Waals surface area contributed by atoms with Crippen LogP contribution in [0.15, 0.2) is 54.6 Å². The molecule has 2 atom stereocenters. The lowest BCUT2D eigenvalue weighted by atomic mass is 9.87. The summed E-state index contributed by atoms with van der Waals surface area (Å²) >= 11 is 0. The van der Waals surface area contributed by atoms with Gasteiger partial charge in [-0.15, -0.1) is 0 Å². The van der Waals surface area contributed by atoms with Gasteiger partial charge in [0.2, 0.25) is 5.91 Å². The number of aliphatic hydroxyl groups is 1. The van der Waals surface area contributed by atoms with Gasteiger partial charge in [-0.05, 0) is 42.6 Å². The van der Waals surface area contributed by atoms with E-state index >= 15 is 0 Å². The van der Waals surface area contributed by atoms with Gasteiger partial charge in [-0.3, -0.25) is 9.69 Å². The van der Waals surface area contributed by atoms with Crippen LogP contribution in [0.5, 0.6) is 5.75 Å². The minimum Gasteiger partial charge on any atom is -0.497 e. The van der Waals surface area contributed by atoms with E-state index in [0.29, 0.717) is 19.6 Å². The molecule has 0 unspecified atom stereocenters. The second-order valence-corrected chi connectivity index (χ2v) is 7.06. The third-order valence-corrected chi connectivity index (χ3v) is 5.16. The Bertz CT molecular complexity index is 718. The van der Waals surface area contributed by atoms with Crippen molar-refractivity contribution in [1.29, 1.82) is 0 Å². The molecule has 0 spiro atoms. The monoisotopic (exact) mass is 368 g/mol. The van der Waals surface area contributed by atoms with E-state index in [2.05, 4.69) is 17.4 Å². The van der Waals surface area contributed by atoms with E-state index in [-0.39, 0.29) is 11.8 Å². The normalized spacial score (nSPS) is 20.2. The molecular weight excluding hydrogens is 340 g/mol. The second kappa shape index (κ2) is 9.53. The molecule has 0 aromatic heterocycles. The highest BCUT2D eigenvalue weighted by atomic mass is 16.5. The number of amides is 1. The van der Waals surface area contributed by atoms with Crippen molar-refractivity contribution in [2.24, 2.45) is 0 Å². The van der Waals surface area contributed by atoms with Crippen LogP contribution in [0.3, 0.4) is 0 Å². The topological polar surface area (TPSA) is 61.8 Å². The van der Waals surface area contributed by atoms with Crippen LogP contribution in [-0.4, -0.2) is 55.3 Å². The minimum absolute atomic E-state index is 0.00822. The van der Waals surface area contributed by atoms with Crippen molar-refractivity contribution in [2.45, 2.75) is 24.9 Å². The van der Waals surface area contributed by atoms with Crippen molar-refractivity contribution in [2.75, 3.05) is 33.3 Å². The first-order chi connectivity index (χ1) is 13.2. The average molecular weight is 368 g/mol. The maximum atomic E-state index is 12.2. The van der Waals surface area contributed by atoms with Gasteiger partial charge in [0, 0.05) is 19.0 Å². The molecule has 0 aliphatic carbocycles. The predicted octanol–water partition coefficient (Wildman–Crippen LogP) is 2.20. The molecule has 1 saturated heterocycles. The molecule has 1 fully saturated rings. The van der Waals surface area contributed by atoms with Gasteiger partial charge in [0.1, 0.15) is 5.75 Å². The molecule has 5 heteroatoms. The molecule has 2 N–H and O–H groups in total. The van der Waals surface area contributed by atoms with Gasteiger partial charge in [-0.2, -0.15) is 0 Å². The summed E-state index contributed by atoms with van der Waals surface area (Å²) in [5, 5.41) is 13.5. The number of aliphatic hydroxyl groups excluding tert-OH is 1. The molecular formula is C22H28N2O3. The Morgan fingerprint density at radius 3 is 2.59 bits per heavy atom. The number of rotatable bonds is 7. The molecule has 27 heavy (non-hydrogen) atoms. The van der Waals surface area contributed by atoms with Crippen LogP contribution in [0.25, 0.3) is 0 Å². The SMILES string of the molecule is COc1ccc(CCNC(=O)CN2CC[C@@H](c3ccccc3)[C@H](O)C2)cc1. The van der Waals surface area contributed by atoms with E-state index in [1.165, 1.54) is 5.56 Å². The maximum absolute atomic E-state index is 12.2. The molecule has 0 saturated carbocycles. The fourth-order valence-electron chi connectivity index (χ4n) is 3.63. The van der Waals surface area contributed by atoms with E-state index in [9.17, 15) is 9.90 Å². The highest BCUT2D eigenvalue weighted by Crippen LogP contribution is 2.28. The molecule has 1 amide bonds. The molecule has 2 aromatic carbocycles. The number of piperidine rings is 1. The van der Waals surface area contributed by atoms with Crippen molar-refractivity contribution >= 4 is 5.91 Å². The van der Waals surface area contributed by atoms with Gasteiger partial charge < -0.3 is 15.2 Å². The highest BCUT2D eigenvalue weighted by Gasteiger charge is 2.29. The molecule has 144 valence electrons. The standard InChI is InChI=1S/C22H28N2O3/c1-27-19-9-7-17(8-10-19)11-13-23-22(26)16-24-14-12-20(21(25)15-24)18-5-3-2-4-6-18/h2-10,20-21,25H,11-16H2,1H3,(H,23,26)/t20-,21+/m0/s1. The molecule has 1 aliphatic rings. The summed E-state index contributed by atoms with van der Waals surface area (Å²) in [7, 11) is 1.65. The number of carbonyl (C=O) groups is 1. The molecule has 1 aliphatic heterocycles. The zero-order valence-electron chi connectivity index (χ0n) is 15.8. The zero-order valence-corrected chi connectivity index (χ0v) is 15.8. The number of carbonyl (C=O) groups excluding carboxylic acids is 1. The van der Waals surface area contributed by atoms with E-state index in [1.807, 2.05) is 47.4 Å². The van der Waals surface area contributed by atoms with Gasteiger partial charge in [-0.25, -0.2) is 0 Å². The lowest BCUT2D eigenvalue weighted by Gasteiger charge is -2.35. The number of nitrogens with one attached hydrogen (secondary N) is 1. The number of likely N-dealkylation sites (tertiary alicyclic amines) is 1. The molecule has 2 aromatic rings. The minimum atomic E-state index is -0.437. The van der Waals surface area contributed by atoms with Crippen molar-refractivity contribution in [1.82, 2.24) is 10.2 Å². The van der Waals surface area contributed by atoms with E-state index < -0.39 is 6.10 Å². The fourth-order valence-corrected chi connectivity index (χ4v) is 3.63. The molecule has 0 radical (unpaired) electrons. The first-order valence-electron chi connectivity index (χ1n) is 9.50. The van der Waals surface area contributed by atoms with Crippen molar-refractivity contribution in [3.8, 4) is 5.75 Å². The second-order valence-electron chi connectivity index (χ2n) is 7.06. The maximum Gasteiger partial charge on any atom is 0.234 e. The van der Waals surface area contributed by atoms with Gasteiger partial charge in [0.05, 0.1) is 19.8 Å². The fraction of sp³-hybridized carbons (Fsp3) is 0.409. The Hall–Kier alpha value is -2.37. The van der Waals surface area contributed by atoms with Crippen LogP contribution < -0.4 is 10.1 Å². The smallest absolute Gasteiger partial charge is 0.234 e. The molecule has 5 nitrogen and oxygen atoms in total. The summed E-state index contributed by atoms with van der Waals surface area (Å²) in [6, 6.07) is 18.0. The van der Waals surface area contributed by atoms with Gasteiger partial charge >= 0.3 is 0 Å². The predicted molar refractivity (Wildman–Crippen MR) is 106 cm³/mol.